The third kappa shape index (κ3) is 4.94. The molecule has 1 aromatic rings. The predicted molar refractivity (Wildman–Crippen MR) is 88.4 cm³/mol. The number of aromatic nitrogens is 2. The lowest BCUT2D eigenvalue weighted by Crippen LogP contribution is -2.36. The van der Waals surface area contributed by atoms with E-state index in [1.165, 1.54) is 6.26 Å². The van der Waals surface area contributed by atoms with Gasteiger partial charge >= 0.3 is 0 Å². The zero-order chi connectivity index (χ0) is 16.3. The Hall–Kier alpha value is -0.630. The molecule has 1 saturated heterocycles. The van der Waals surface area contributed by atoms with Crippen LogP contribution in [0.2, 0.25) is 5.15 Å². The molecule has 2 rings (SSSR count). The maximum atomic E-state index is 11.1. The van der Waals surface area contributed by atoms with Gasteiger partial charge in [0.15, 0.2) is 0 Å². The van der Waals surface area contributed by atoms with Gasteiger partial charge in [-0.05, 0) is 38.6 Å². The van der Waals surface area contributed by atoms with Gasteiger partial charge in [0.05, 0.1) is 11.9 Å². The molecular formula is C14H25ClN4O2S. The number of halogens is 1. The number of aryl methyl sites for hydroxylation is 2. The third-order valence-corrected chi connectivity index (χ3v) is 5.37. The first-order valence-electron chi connectivity index (χ1n) is 7.61. The first kappa shape index (κ1) is 17.7. The molecule has 2 heterocycles. The van der Waals surface area contributed by atoms with E-state index in [1.807, 2.05) is 14.0 Å². The normalized spacial score (nSPS) is 20.5. The Kier molecular flexibility index (Phi) is 5.87. The van der Waals surface area contributed by atoms with Gasteiger partial charge in [-0.3, -0.25) is 9.58 Å². The summed E-state index contributed by atoms with van der Waals surface area (Å²) >= 11 is 6.30. The number of likely N-dealkylation sites (tertiary alicyclic amines) is 1. The number of hydrogen-bond donors (Lipinski definition) is 1. The van der Waals surface area contributed by atoms with Crippen molar-refractivity contribution in [1.82, 2.24) is 19.4 Å². The molecule has 8 heteroatoms. The molecule has 1 N–H and O–H groups in total. The van der Waals surface area contributed by atoms with Gasteiger partial charge in [0.2, 0.25) is 10.0 Å². The Balaban J connectivity index is 1.88. The van der Waals surface area contributed by atoms with Crippen LogP contribution in [-0.4, -0.2) is 49.0 Å². The lowest BCUT2D eigenvalue weighted by molar-refractivity contribution is 0.162. The smallest absolute Gasteiger partial charge is 0.208 e. The van der Waals surface area contributed by atoms with Crippen molar-refractivity contribution in [3.05, 3.63) is 16.4 Å². The van der Waals surface area contributed by atoms with Gasteiger partial charge in [0.1, 0.15) is 5.15 Å². The van der Waals surface area contributed by atoms with E-state index in [4.69, 9.17) is 11.6 Å². The van der Waals surface area contributed by atoms with Crippen molar-refractivity contribution < 1.29 is 8.42 Å². The number of sulfonamides is 1. The molecule has 0 aromatic carbocycles. The summed E-state index contributed by atoms with van der Waals surface area (Å²) in [5.74, 6) is 0.527. The maximum absolute atomic E-state index is 11.1. The second-order valence-electron chi connectivity index (χ2n) is 6.18. The fraction of sp³-hybridized carbons (Fsp3) is 0.786. The topological polar surface area (TPSA) is 67.2 Å². The van der Waals surface area contributed by atoms with Gasteiger partial charge in [-0.15, -0.1) is 0 Å². The minimum absolute atomic E-state index is 0.518. The van der Waals surface area contributed by atoms with Crippen LogP contribution in [0.4, 0.5) is 0 Å². The van der Waals surface area contributed by atoms with Crippen molar-refractivity contribution >= 4 is 21.6 Å². The Bertz CT molecular complexity index is 615. The fourth-order valence-electron chi connectivity index (χ4n) is 3.06. The van der Waals surface area contributed by atoms with Crippen LogP contribution in [0.3, 0.4) is 0 Å². The van der Waals surface area contributed by atoms with Gasteiger partial charge in [-0.1, -0.05) is 11.6 Å². The average Bonchev–Trinajstić information content (AvgIpc) is 2.65. The average molecular weight is 349 g/mol. The van der Waals surface area contributed by atoms with Crippen LogP contribution in [-0.2, 0) is 23.6 Å². The number of nitrogens with one attached hydrogen (secondary N) is 1. The molecule has 0 unspecified atom stereocenters. The fourth-order valence-corrected chi connectivity index (χ4v) is 3.78. The lowest BCUT2D eigenvalue weighted by atomic mass is 9.94. The maximum Gasteiger partial charge on any atom is 0.208 e. The van der Waals surface area contributed by atoms with Gasteiger partial charge in [-0.25, -0.2) is 13.1 Å². The zero-order valence-corrected chi connectivity index (χ0v) is 15.0. The number of rotatable bonds is 6. The molecular weight excluding hydrogens is 324 g/mol. The quantitative estimate of drug-likeness (QED) is 0.846. The largest absolute Gasteiger partial charge is 0.299 e. The van der Waals surface area contributed by atoms with Crippen LogP contribution in [0.5, 0.6) is 0 Å². The molecule has 22 heavy (non-hydrogen) atoms. The second kappa shape index (κ2) is 7.29. The molecule has 0 radical (unpaired) electrons. The third-order valence-electron chi connectivity index (χ3n) is 4.17. The molecule has 126 valence electrons. The SMILES string of the molecule is Cc1nn(C)c(Cl)c1CN1CCC[C@H](CCNS(C)(=O)=O)C1. The second-order valence-corrected chi connectivity index (χ2v) is 8.37. The van der Waals surface area contributed by atoms with Crippen LogP contribution in [0.15, 0.2) is 0 Å². The highest BCUT2D eigenvalue weighted by atomic mass is 35.5. The summed E-state index contributed by atoms with van der Waals surface area (Å²) in [6.07, 6.45) is 4.37. The van der Waals surface area contributed by atoms with Crippen LogP contribution in [0, 0.1) is 12.8 Å². The van der Waals surface area contributed by atoms with Crippen LogP contribution < -0.4 is 4.72 Å². The van der Waals surface area contributed by atoms with E-state index in [1.54, 1.807) is 4.68 Å². The molecule has 1 aliphatic rings. The molecule has 1 aromatic heterocycles. The molecule has 0 spiro atoms. The molecule has 6 nitrogen and oxygen atoms in total. The summed E-state index contributed by atoms with van der Waals surface area (Å²) in [6.45, 7) is 5.36. The molecule has 0 bridgehead atoms. The zero-order valence-electron chi connectivity index (χ0n) is 13.5. The van der Waals surface area contributed by atoms with Crippen LogP contribution in [0.1, 0.15) is 30.5 Å². The molecule has 1 aliphatic heterocycles. The summed E-state index contributed by atoms with van der Waals surface area (Å²) in [7, 11) is -1.23. The van der Waals surface area contributed by atoms with Gasteiger partial charge in [0.25, 0.3) is 0 Å². The number of nitrogens with zero attached hydrogens (tertiary/aromatic N) is 3. The molecule has 0 amide bonds. The summed E-state index contributed by atoms with van der Waals surface area (Å²) < 4.78 is 26.5. The molecule has 1 fully saturated rings. The summed E-state index contributed by atoms with van der Waals surface area (Å²) in [5.41, 5.74) is 2.08. The van der Waals surface area contributed by atoms with E-state index in [0.717, 1.165) is 50.2 Å². The highest BCUT2D eigenvalue weighted by Crippen LogP contribution is 2.25. The van der Waals surface area contributed by atoms with Crippen LogP contribution >= 0.6 is 11.6 Å². The molecule has 0 aliphatic carbocycles. The van der Waals surface area contributed by atoms with E-state index in [0.29, 0.717) is 17.6 Å². The van der Waals surface area contributed by atoms with Crippen LogP contribution in [0.25, 0.3) is 0 Å². The minimum Gasteiger partial charge on any atom is -0.299 e. The lowest BCUT2D eigenvalue weighted by Gasteiger charge is -2.32. The monoisotopic (exact) mass is 348 g/mol. The highest BCUT2D eigenvalue weighted by Gasteiger charge is 2.22. The summed E-state index contributed by atoms with van der Waals surface area (Å²) in [6, 6.07) is 0. The van der Waals surface area contributed by atoms with Gasteiger partial charge < -0.3 is 0 Å². The van der Waals surface area contributed by atoms with Crippen molar-refractivity contribution in [2.24, 2.45) is 13.0 Å². The Labute approximate surface area is 137 Å². The number of hydrogen-bond acceptors (Lipinski definition) is 4. The first-order chi connectivity index (χ1) is 10.3. The summed E-state index contributed by atoms with van der Waals surface area (Å²) in [5, 5.41) is 5.06. The molecule has 1 atom stereocenters. The Morgan fingerprint density at radius 2 is 2.18 bits per heavy atom. The number of piperidine rings is 1. The van der Waals surface area contributed by atoms with E-state index in [9.17, 15) is 8.42 Å². The Morgan fingerprint density at radius 1 is 1.45 bits per heavy atom. The predicted octanol–water partition coefficient (Wildman–Crippen LogP) is 1.53. The van der Waals surface area contributed by atoms with Gasteiger partial charge in [0, 0.05) is 32.2 Å². The van der Waals surface area contributed by atoms with Crippen molar-refractivity contribution in [2.75, 3.05) is 25.9 Å². The molecule has 0 saturated carbocycles. The van der Waals surface area contributed by atoms with Crippen molar-refractivity contribution in [3.8, 4) is 0 Å². The van der Waals surface area contributed by atoms with E-state index in [-0.39, 0.29) is 0 Å². The van der Waals surface area contributed by atoms with Crippen molar-refractivity contribution in [3.63, 3.8) is 0 Å². The van der Waals surface area contributed by atoms with Crippen molar-refractivity contribution in [1.29, 1.82) is 0 Å². The van der Waals surface area contributed by atoms with E-state index < -0.39 is 10.0 Å². The van der Waals surface area contributed by atoms with E-state index >= 15 is 0 Å². The van der Waals surface area contributed by atoms with Crippen molar-refractivity contribution in [2.45, 2.75) is 32.7 Å². The first-order valence-corrected chi connectivity index (χ1v) is 9.88. The Morgan fingerprint density at radius 3 is 2.77 bits per heavy atom. The minimum atomic E-state index is -3.09. The highest BCUT2D eigenvalue weighted by molar-refractivity contribution is 7.88. The summed E-state index contributed by atoms with van der Waals surface area (Å²) in [4.78, 5) is 2.39. The van der Waals surface area contributed by atoms with E-state index in [2.05, 4.69) is 14.7 Å². The van der Waals surface area contributed by atoms with Gasteiger partial charge in [-0.2, -0.15) is 5.10 Å². The standard InChI is InChI=1S/C14H25ClN4O2S/c1-11-13(14(15)18(2)17-11)10-19-8-4-5-12(9-19)6-7-16-22(3,20)21/h12,16H,4-10H2,1-3H3/t12-/m1/s1.